The van der Waals surface area contributed by atoms with Gasteiger partial charge in [-0.05, 0) is 18.8 Å². The first-order valence-corrected chi connectivity index (χ1v) is 5.52. The number of carbonyl (C=O) groups is 2. The standard InChI is InChI=1S/C11H18O4.Ba.2H/c1-3-5-8(4-2)9-7-14-10(12)6-11(13)15-9;;;/h8-9H,3-7H2,1-2H3;;;. The van der Waals surface area contributed by atoms with E-state index in [-0.39, 0.29) is 68.0 Å². The number of ether oxygens (including phenoxy) is 2. The third kappa shape index (κ3) is 5.23. The SMILES string of the molecule is CCCC(CC)C1COC(=O)CC(=O)O1.[BaH2]. The Morgan fingerprint density at radius 2 is 2.00 bits per heavy atom. The predicted molar refractivity (Wildman–Crippen MR) is 62.7 cm³/mol. The van der Waals surface area contributed by atoms with Gasteiger partial charge in [-0.25, -0.2) is 0 Å². The van der Waals surface area contributed by atoms with Gasteiger partial charge in [-0.3, -0.25) is 9.59 Å². The zero-order valence-corrected chi connectivity index (χ0v) is 9.32. The van der Waals surface area contributed by atoms with Gasteiger partial charge >= 0.3 is 60.8 Å². The second-order valence-electron chi connectivity index (χ2n) is 3.85. The van der Waals surface area contributed by atoms with Gasteiger partial charge in [-0.2, -0.15) is 0 Å². The molecule has 90 valence electrons. The van der Waals surface area contributed by atoms with Crippen LogP contribution in [0.5, 0.6) is 0 Å². The molecule has 0 aromatic heterocycles. The normalized spacial score (nSPS) is 22.5. The predicted octanol–water partition coefficient (Wildman–Crippen LogP) is 0.755. The molecule has 0 radical (unpaired) electrons. The zero-order chi connectivity index (χ0) is 11.3. The van der Waals surface area contributed by atoms with Crippen LogP contribution in [0.4, 0.5) is 0 Å². The summed E-state index contributed by atoms with van der Waals surface area (Å²) in [7, 11) is 0. The molecule has 2 atom stereocenters. The van der Waals surface area contributed by atoms with Crippen LogP contribution in [-0.4, -0.2) is 73.5 Å². The minimum absolute atomic E-state index is 0. The van der Waals surface area contributed by atoms with Crippen molar-refractivity contribution in [3.05, 3.63) is 0 Å². The molecule has 0 aromatic carbocycles. The van der Waals surface area contributed by atoms with Crippen LogP contribution in [0.15, 0.2) is 0 Å². The van der Waals surface area contributed by atoms with Crippen LogP contribution in [-0.2, 0) is 19.1 Å². The number of rotatable bonds is 4. The van der Waals surface area contributed by atoms with Gasteiger partial charge in [0.1, 0.15) is 19.1 Å². The van der Waals surface area contributed by atoms with Gasteiger partial charge in [0.25, 0.3) is 0 Å². The topological polar surface area (TPSA) is 52.6 Å². The number of cyclic esters (lactones) is 2. The Labute approximate surface area is 137 Å². The van der Waals surface area contributed by atoms with Crippen LogP contribution in [0.3, 0.4) is 0 Å². The molecule has 0 saturated carbocycles. The second-order valence-corrected chi connectivity index (χ2v) is 3.85. The van der Waals surface area contributed by atoms with E-state index in [0.717, 1.165) is 19.3 Å². The average molecular weight is 354 g/mol. The molecule has 0 spiro atoms. The van der Waals surface area contributed by atoms with Crippen molar-refractivity contribution < 1.29 is 19.1 Å². The molecule has 0 amide bonds. The Morgan fingerprint density at radius 1 is 1.31 bits per heavy atom. The van der Waals surface area contributed by atoms with Gasteiger partial charge in [0.15, 0.2) is 0 Å². The van der Waals surface area contributed by atoms with E-state index in [2.05, 4.69) is 13.8 Å². The van der Waals surface area contributed by atoms with Gasteiger partial charge in [0.05, 0.1) is 0 Å². The van der Waals surface area contributed by atoms with Gasteiger partial charge in [0.2, 0.25) is 0 Å². The van der Waals surface area contributed by atoms with Gasteiger partial charge in [0, 0.05) is 0 Å². The molecule has 5 heteroatoms. The molecule has 4 nitrogen and oxygen atoms in total. The summed E-state index contributed by atoms with van der Waals surface area (Å²) in [5, 5.41) is 0. The van der Waals surface area contributed by atoms with Gasteiger partial charge in [-0.1, -0.05) is 20.3 Å². The molecule has 1 rings (SSSR count). The van der Waals surface area contributed by atoms with E-state index in [1.165, 1.54) is 0 Å². The number of carbonyl (C=O) groups excluding carboxylic acids is 2. The number of esters is 2. The van der Waals surface area contributed by atoms with Crippen molar-refractivity contribution in [3.8, 4) is 0 Å². The summed E-state index contributed by atoms with van der Waals surface area (Å²) in [6.07, 6.45) is 2.46. The molecule has 1 aliphatic rings. The van der Waals surface area contributed by atoms with Crippen molar-refractivity contribution in [2.75, 3.05) is 6.61 Å². The minimum atomic E-state index is -0.478. The van der Waals surface area contributed by atoms with E-state index in [4.69, 9.17) is 9.47 Å². The second kappa shape index (κ2) is 8.58. The molecule has 0 aliphatic carbocycles. The van der Waals surface area contributed by atoms with Crippen LogP contribution in [0, 0.1) is 5.92 Å². The van der Waals surface area contributed by atoms with Crippen molar-refractivity contribution in [2.24, 2.45) is 5.92 Å². The Morgan fingerprint density at radius 3 is 2.56 bits per heavy atom. The van der Waals surface area contributed by atoms with Crippen LogP contribution >= 0.6 is 0 Å². The van der Waals surface area contributed by atoms with E-state index in [1.54, 1.807) is 0 Å². The molecule has 16 heavy (non-hydrogen) atoms. The van der Waals surface area contributed by atoms with Crippen LogP contribution in [0.1, 0.15) is 39.5 Å². The summed E-state index contributed by atoms with van der Waals surface area (Å²) in [6.45, 7) is 4.36. The van der Waals surface area contributed by atoms with E-state index >= 15 is 0 Å². The third-order valence-corrected chi connectivity index (χ3v) is 2.69. The van der Waals surface area contributed by atoms with Crippen molar-refractivity contribution in [2.45, 2.75) is 45.6 Å². The average Bonchev–Trinajstić information content (AvgIpc) is 2.36. The van der Waals surface area contributed by atoms with Gasteiger partial charge in [-0.15, -0.1) is 0 Å². The summed E-state index contributed by atoms with van der Waals surface area (Å²) in [5.74, 6) is -0.643. The third-order valence-electron chi connectivity index (χ3n) is 2.69. The summed E-state index contributed by atoms with van der Waals surface area (Å²) in [6, 6.07) is 0. The molecule has 1 saturated heterocycles. The monoisotopic (exact) mass is 354 g/mol. The maximum absolute atomic E-state index is 11.2. The zero-order valence-electron chi connectivity index (χ0n) is 9.32. The number of hydrogen-bond donors (Lipinski definition) is 0. The first-order chi connectivity index (χ1) is 7.17. The van der Waals surface area contributed by atoms with Gasteiger partial charge < -0.3 is 9.47 Å². The number of hydrogen-bond acceptors (Lipinski definition) is 4. The molecule has 0 N–H and O–H groups in total. The molecule has 0 bridgehead atoms. The fourth-order valence-corrected chi connectivity index (χ4v) is 1.84. The molecule has 1 aliphatic heterocycles. The van der Waals surface area contributed by atoms with E-state index in [9.17, 15) is 9.59 Å². The van der Waals surface area contributed by atoms with E-state index in [1.807, 2.05) is 0 Å². The Bertz CT molecular complexity index is 242. The van der Waals surface area contributed by atoms with Crippen LogP contribution in [0.25, 0.3) is 0 Å². The Hall–Kier alpha value is 0.511. The molecule has 1 heterocycles. The summed E-state index contributed by atoms with van der Waals surface area (Å²) < 4.78 is 10.1. The van der Waals surface area contributed by atoms with Crippen molar-refractivity contribution in [1.82, 2.24) is 0 Å². The van der Waals surface area contributed by atoms with E-state index in [0.29, 0.717) is 5.92 Å². The van der Waals surface area contributed by atoms with Crippen molar-refractivity contribution >= 4 is 60.8 Å². The summed E-state index contributed by atoms with van der Waals surface area (Å²) >= 11 is 0. The fraction of sp³-hybridized carbons (Fsp3) is 0.818. The van der Waals surface area contributed by atoms with Crippen molar-refractivity contribution in [3.63, 3.8) is 0 Å². The van der Waals surface area contributed by atoms with Crippen LogP contribution < -0.4 is 0 Å². The Balaban J connectivity index is 0.00000225. The molecular formula is C11H20BaO4. The van der Waals surface area contributed by atoms with E-state index < -0.39 is 11.9 Å². The first kappa shape index (κ1) is 16.5. The van der Waals surface area contributed by atoms with Crippen LogP contribution in [0.2, 0.25) is 0 Å². The summed E-state index contributed by atoms with van der Waals surface area (Å²) in [5.41, 5.74) is 0. The first-order valence-electron chi connectivity index (χ1n) is 5.52. The van der Waals surface area contributed by atoms with Crippen molar-refractivity contribution in [1.29, 1.82) is 0 Å². The molecule has 1 fully saturated rings. The quantitative estimate of drug-likeness (QED) is 0.425. The summed E-state index contributed by atoms with van der Waals surface area (Å²) in [4.78, 5) is 22.2. The molecule has 0 aromatic rings. The molecular weight excluding hydrogens is 333 g/mol. The Kier molecular flexibility index (Phi) is 8.85. The fourth-order valence-electron chi connectivity index (χ4n) is 1.84. The maximum atomic E-state index is 11.2. The molecule has 2 unspecified atom stereocenters.